The third kappa shape index (κ3) is 4.75. The Morgan fingerprint density at radius 2 is 2.17 bits per heavy atom. The molecule has 2 N–H and O–H groups in total. The molecule has 2 amide bonds. The Balaban J connectivity index is 0.00000324. The fourth-order valence-electron chi connectivity index (χ4n) is 1.76. The van der Waals surface area contributed by atoms with E-state index in [0.717, 1.165) is 37.3 Å². The fourth-order valence-corrected chi connectivity index (χ4v) is 1.76. The maximum Gasteiger partial charge on any atom is 0.321 e. The smallest absolute Gasteiger partial charge is 0.321 e. The van der Waals surface area contributed by atoms with Crippen molar-refractivity contribution in [2.45, 2.75) is 20.3 Å². The molecule has 0 heterocycles. The predicted molar refractivity (Wildman–Crippen MR) is 78.1 cm³/mol. The van der Waals surface area contributed by atoms with Gasteiger partial charge in [0, 0.05) is 26.7 Å². The molecule has 1 aromatic rings. The van der Waals surface area contributed by atoms with E-state index in [1.165, 1.54) is 0 Å². The fraction of sp³-hybridized carbons (Fsp3) is 0.500. The minimum absolute atomic E-state index is 0. The number of hydrogen-bond acceptors (Lipinski definition) is 2. The molecule has 1 aromatic carbocycles. The first-order chi connectivity index (χ1) is 8.67. The van der Waals surface area contributed by atoms with Crippen LogP contribution in [0.2, 0.25) is 0 Å². The van der Waals surface area contributed by atoms with E-state index in [1.54, 1.807) is 0 Å². The number of anilines is 1. The second-order valence-corrected chi connectivity index (χ2v) is 4.39. The van der Waals surface area contributed by atoms with Gasteiger partial charge < -0.3 is 15.5 Å². The lowest BCUT2D eigenvalue weighted by Gasteiger charge is -2.22. The second-order valence-electron chi connectivity index (χ2n) is 4.39. The summed E-state index contributed by atoms with van der Waals surface area (Å²) in [5.74, 6) is 0. The van der Waals surface area contributed by atoms with Crippen LogP contribution in [0.3, 0.4) is 0 Å². The molecule has 0 radical (unpaired) electrons. The second kappa shape index (κ2) is 7.71. The van der Waals surface area contributed by atoms with E-state index in [1.807, 2.05) is 43.1 Å². The third-order valence-corrected chi connectivity index (χ3v) is 2.68. The van der Waals surface area contributed by atoms with Gasteiger partial charge in [-0.3, -0.25) is 0 Å². The summed E-state index contributed by atoms with van der Waals surface area (Å²) in [7, 11) is 1.89. The first kappa shape index (κ1) is 14.5. The number of hydrogen-bond donors (Lipinski definition) is 2. The van der Waals surface area contributed by atoms with Crippen LogP contribution in [0.4, 0.5) is 10.5 Å². The number of nitrogens with zero attached hydrogens (tertiary/aromatic N) is 1. The monoisotopic (exact) mass is 251 g/mol. The van der Waals surface area contributed by atoms with Crippen LogP contribution in [0.25, 0.3) is 0 Å². The quantitative estimate of drug-likeness (QED) is 0.816. The third-order valence-electron chi connectivity index (χ3n) is 2.68. The van der Waals surface area contributed by atoms with Crippen molar-refractivity contribution in [1.29, 1.82) is 0 Å². The predicted octanol–water partition coefficient (Wildman–Crippen LogP) is 2.70. The van der Waals surface area contributed by atoms with E-state index in [4.69, 9.17) is 0 Å². The maximum absolute atomic E-state index is 12.1. The van der Waals surface area contributed by atoms with Crippen LogP contribution >= 0.6 is 0 Å². The van der Waals surface area contributed by atoms with E-state index in [-0.39, 0.29) is 7.46 Å². The van der Waals surface area contributed by atoms with Crippen LogP contribution < -0.4 is 10.6 Å². The van der Waals surface area contributed by atoms with Gasteiger partial charge in [0.05, 0.1) is 0 Å². The first-order valence-corrected chi connectivity index (χ1v) is 6.44. The van der Waals surface area contributed by atoms with Crippen molar-refractivity contribution in [3.63, 3.8) is 0 Å². The number of carbonyl (C=O) groups excluding carboxylic acids is 1. The molecular formula is C14H25N3O. The van der Waals surface area contributed by atoms with Crippen LogP contribution in [-0.4, -0.2) is 37.6 Å². The van der Waals surface area contributed by atoms with Crippen molar-refractivity contribution in [3.8, 4) is 0 Å². The van der Waals surface area contributed by atoms with E-state index < -0.39 is 0 Å². The van der Waals surface area contributed by atoms with Gasteiger partial charge in [0.2, 0.25) is 0 Å². The van der Waals surface area contributed by atoms with Gasteiger partial charge in [0.15, 0.2) is 0 Å². The van der Waals surface area contributed by atoms with Crippen LogP contribution in [-0.2, 0) is 0 Å². The molecule has 18 heavy (non-hydrogen) atoms. The molecule has 0 aromatic heterocycles. The average Bonchev–Trinajstić information content (AvgIpc) is 2.34. The summed E-state index contributed by atoms with van der Waals surface area (Å²) in [4.78, 5) is 13.9. The highest BCUT2D eigenvalue weighted by molar-refractivity contribution is 5.89. The summed E-state index contributed by atoms with van der Waals surface area (Å²) in [6.07, 6.45) is 0.963. The highest BCUT2D eigenvalue weighted by atomic mass is 16.2. The Hall–Kier alpha value is -1.55. The first-order valence-electron chi connectivity index (χ1n) is 6.44. The molecule has 102 valence electrons. The number of rotatable bonds is 6. The Morgan fingerprint density at radius 3 is 2.78 bits per heavy atom. The molecule has 0 saturated carbocycles. The lowest BCUT2D eigenvalue weighted by atomic mass is 10.2. The Kier molecular flexibility index (Phi) is 6.22. The summed E-state index contributed by atoms with van der Waals surface area (Å²) in [5, 5.41) is 6.00. The van der Waals surface area contributed by atoms with Crippen molar-refractivity contribution in [2.24, 2.45) is 0 Å². The Morgan fingerprint density at radius 1 is 1.39 bits per heavy atom. The number of likely N-dealkylation sites (N-methyl/N-ethyl adjacent to an activating group) is 1. The SMILES string of the molecule is CCCN(CCNC)C(=O)Nc1cccc(C)c1.[HH]. The summed E-state index contributed by atoms with van der Waals surface area (Å²) < 4.78 is 0. The molecule has 1 rings (SSSR count). The van der Waals surface area contributed by atoms with Gasteiger partial charge in [-0.1, -0.05) is 19.1 Å². The van der Waals surface area contributed by atoms with Crippen molar-refractivity contribution < 1.29 is 6.22 Å². The number of nitrogens with one attached hydrogen (secondary N) is 2. The van der Waals surface area contributed by atoms with Crippen LogP contribution in [0, 0.1) is 6.92 Å². The zero-order chi connectivity index (χ0) is 13.4. The highest BCUT2D eigenvalue weighted by Crippen LogP contribution is 2.10. The molecule has 0 aliphatic rings. The van der Waals surface area contributed by atoms with Crippen molar-refractivity contribution in [2.75, 3.05) is 32.0 Å². The molecule has 0 spiro atoms. The summed E-state index contributed by atoms with van der Waals surface area (Å²) in [6, 6.07) is 7.81. The molecule has 0 aliphatic heterocycles. The Bertz CT molecular complexity index is 385. The largest absolute Gasteiger partial charge is 0.323 e. The zero-order valence-electron chi connectivity index (χ0n) is 11.5. The maximum atomic E-state index is 12.1. The Labute approximate surface area is 111 Å². The molecule has 0 unspecified atom stereocenters. The molecule has 0 atom stereocenters. The number of urea groups is 1. The molecule has 4 nitrogen and oxygen atoms in total. The molecule has 0 saturated heterocycles. The van der Waals surface area contributed by atoms with Crippen LogP contribution in [0.15, 0.2) is 24.3 Å². The van der Waals surface area contributed by atoms with E-state index in [9.17, 15) is 4.79 Å². The molecule has 0 bridgehead atoms. The number of benzene rings is 1. The van der Waals surface area contributed by atoms with Gasteiger partial charge in [-0.25, -0.2) is 4.79 Å². The molecule has 0 fully saturated rings. The molecule has 4 heteroatoms. The lowest BCUT2D eigenvalue weighted by molar-refractivity contribution is 0.212. The van der Waals surface area contributed by atoms with Gasteiger partial charge in [0.1, 0.15) is 0 Å². The van der Waals surface area contributed by atoms with Gasteiger partial charge >= 0.3 is 6.03 Å². The normalized spacial score (nSPS) is 10.2. The number of carbonyl (C=O) groups is 1. The van der Waals surface area contributed by atoms with E-state index in [2.05, 4.69) is 17.6 Å². The average molecular weight is 251 g/mol. The molecule has 0 aliphatic carbocycles. The standard InChI is InChI=1S/C14H23N3O.H2/c1-4-9-17(10-8-15-3)14(18)16-13-7-5-6-12(2)11-13;/h5-7,11,15H,4,8-10H2,1-3H3,(H,16,18);1H. The van der Waals surface area contributed by atoms with Crippen molar-refractivity contribution in [3.05, 3.63) is 29.8 Å². The summed E-state index contributed by atoms with van der Waals surface area (Å²) in [5.41, 5.74) is 2.00. The van der Waals surface area contributed by atoms with E-state index in [0.29, 0.717) is 0 Å². The number of aryl methyl sites for hydroxylation is 1. The van der Waals surface area contributed by atoms with Gasteiger partial charge in [-0.2, -0.15) is 0 Å². The van der Waals surface area contributed by atoms with Crippen molar-refractivity contribution >= 4 is 11.7 Å². The summed E-state index contributed by atoms with van der Waals surface area (Å²) in [6.45, 7) is 6.40. The lowest BCUT2D eigenvalue weighted by Crippen LogP contribution is -2.39. The topological polar surface area (TPSA) is 44.4 Å². The van der Waals surface area contributed by atoms with Gasteiger partial charge in [0.25, 0.3) is 0 Å². The minimum atomic E-state index is -0.0299. The number of amides is 2. The highest BCUT2D eigenvalue weighted by Gasteiger charge is 2.11. The molecular weight excluding hydrogens is 226 g/mol. The summed E-state index contributed by atoms with van der Waals surface area (Å²) >= 11 is 0. The van der Waals surface area contributed by atoms with E-state index >= 15 is 0 Å². The zero-order valence-corrected chi connectivity index (χ0v) is 11.5. The van der Waals surface area contributed by atoms with Gasteiger partial charge in [-0.05, 0) is 38.1 Å². The van der Waals surface area contributed by atoms with Crippen LogP contribution in [0.5, 0.6) is 0 Å². The van der Waals surface area contributed by atoms with Gasteiger partial charge in [-0.15, -0.1) is 0 Å². The minimum Gasteiger partial charge on any atom is -0.323 e. The van der Waals surface area contributed by atoms with Crippen LogP contribution in [0.1, 0.15) is 20.3 Å². The van der Waals surface area contributed by atoms with Crippen molar-refractivity contribution in [1.82, 2.24) is 10.2 Å².